The summed E-state index contributed by atoms with van der Waals surface area (Å²) in [4.78, 5) is 17.0. The number of aromatic nitrogens is 1. The van der Waals surface area contributed by atoms with E-state index >= 15 is 0 Å². The summed E-state index contributed by atoms with van der Waals surface area (Å²) in [5, 5.41) is 11.1. The molecule has 2 aromatic carbocycles. The maximum Gasteiger partial charge on any atom is 0.422 e. The van der Waals surface area contributed by atoms with Gasteiger partial charge in [-0.2, -0.15) is 13.2 Å². The highest BCUT2D eigenvalue weighted by Crippen LogP contribution is 2.43. The maximum atomic E-state index is 14.4. The number of carbonyl (C=O) groups excluding carboxylic acids is 1. The van der Waals surface area contributed by atoms with Crippen molar-refractivity contribution >= 4 is 5.78 Å². The fourth-order valence-corrected chi connectivity index (χ4v) is 3.93. The number of hydrogen-bond acceptors (Lipinski definition) is 6. The van der Waals surface area contributed by atoms with Gasteiger partial charge in [0, 0.05) is 23.1 Å². The largest absolute Gasteiger partial charge is 0.493 e. The molecule has 38 heavy (non-hydrogen) atoms. The van der Waals surface area contributed by atoms with Crippen LogP contribution in [0.1, 0.15) is 53.9 Å². The summed E-state index contributed by atoms with van der Waals surface area (Å²) in [6.45, 7) is 4.71. The van der Waals surface area contributed by atoms with Gasteiger partial charge in [-0.15, -0.1) is 0 Å². The molecule has 0 spiro atoms. The van der Waals surface area contributed by atoms with E-state index in [4.69, 9.17) is 15.2 Å². The van der Waals surface area contributed by atoms with Crippen LogP contribution in [-0.2, 0) is 11.1 Å². The molecule has 1 atom stereocenters. The predicted molar refractivity (Wildman–Crippen MR) is 135 cm³/mol. The molecule has 0 amide bonds. The van der Waals surface area contributed by atoms with Crippen molar-refractivity contribution < 1.29 is 36.9 Å². The highest BCUT2D eigenvalue weighted by Gasteiger charge is 2.56. The number of aryl methyl sites for hydroxylation is 1. The topological polar surface area (TPSA) is 94.7 Å². The Morgan fingerprint density at radius 1 is 1.00 bits per heavy atom. The average Bonchev–Trinajstić information content (AvgIpc) is 2.86. The number of pyridine rings is 1. The molecule has 10 heteroatoms. The van der Waals surface area contributed by atoms with Gasteiger partial charge in [0.1, 0.15) is 5.82 Å². The molecule has 204 valence electrons. The third kappa shape index (κ3) is 5.97. The third-order valence-electron chi connectivity index (χ3n) is 6.34. The van der Waals surface area contributed by atoms with Gasteiger partial charge in [0.2, 0.25) is 5.60 Å². The lowest BCUT2D eigenvalue weighted by atomic mass is 9.86. The minimum Gasteiger partial charge on any atom is -0.493 e. The Labute approximate surface area is 218 Å². The first kappa shape index (κ1) is 29.1. The lowest BCUT2D eigenvalue weighted by Gasteiger charge is -2.32. The number of halogens is 4. The molecule has 3 N–H and O–H groups in total. The summed E-state index contributed by atoms with van der Waals surface area (Å²) in [6.07, 6.45) is -6.81. The van der Waals surface area contributed by atoms with Gasteiger partial charge in [0.15, 0.2) is 17.3 Å². The molecule has 3 rings (SSSR count). The molecule has 1 unspecified atom stereocenters. The van der Waals surface area contributed by atoms with Gasteiger partial charge in [0.05, 0.1) is 25.6 Å². The van der Waals surface area contributed by atoms with E-state index in [0.29, 0.717) is 11.3 Å². The number of nitrogens with zero attached hydrogens (tertiary/aromatic N) is 1. The summed E-state index contributed by atoms with van der Waals surface area (Å²) >= 11 is 0. The minimum atomic E-state index is -5.18. The summed E-state index contributed by atoms with van der Waals surface area (Å²) in [7, 11) is 2.78. The van der Waals surface area contributed by atoms with Gasteiger partial charge in [-0.05, 0) is 86.8 Å². The second kappa shape index (κ2) is 10.7. The predicted octanol–water partition coefficient (Wildman–Crippen LogP) is 5.82. The Morgan fingerprint density at radius 3 is 2.21 bits per heavy atom. The first-order valence-electron chi connectivity index (χ1n) is 11.7. The van der Waals surface area contributed by atoms with E-state index in [9.17, 15) is 27.5 Å². The Balaban J connectivity index is 2.07. The van der Waals surface area contributed by atoms with Crippen LogP contribution in [0.15, 0.2) is 48.5 Å². The van der Waals surface area contributed by atoms with Crippen LogP contribution in [0.2, 0.25) is 0 Å². The molecular formula is C28H30F4N2O4. The van der Waals surface area contributed by atoms with Crippen molar-refractivity contribution in [3.05, 3.63) is 76.7 Å². The molecule has 0 aliphatic carbocycles. The molecule has 0 aliphatic rings. The molecule has 0 bridgehead atoms. The normalized spacial score (nSPS) is 13.7. The van der Waals surface area contributed by atoms with Crippen LogP contribution in [-0.4, -0.2) is 36.3 Å². The number of hydrogen-bond donors (Lipinski definition) is 2. The number of rotatable bonds is 9. The first-order chi connectivity index (χ1) is 17.6. The standard InChI is InChI=1S/C28H30F4N2O4/c1-16-12-17(6-8-20(16)29)21-14-19(26(2,3)33)15-25(34-21)27(36,28(30,31)32)11-10-22(35)18-7-9-23(37-4)24(13-18)38-5/h6-9,12-15,36H,10-11,33H2,1-5H3. The summed E-state index contributed by atoms with van der Waals surface area (Å²) < 4.78 is 67.4. The van der Waals surface area contributed by atoms with E-state index in [-0.39, 0.29) is 28.1 Å². The van der Waals surface area contributed by atoms with E-state index < -0.39 is 47.5 Å². The quantitative estimate of drug-likeness (QED) is 0.265. The van der Waals surface area contributed by atoms with Crippen LogP contribution in [0.25, 0.3) is 11.3 Å². The van der Waals surface area contributed by atoms with E-state index in [1.165, 1.54) is 63.6 Å². The summed E-state index contributed by atoms with van der Waals surface area (Å²) in [5.41, 5.74) is 2.00. The average molecular weight is 535 g/mol. The Morgan fingerprint density at radius 2 is 1.66 bits per heavy atom. The molecule has 0 saturated heterocycles. The maximum absolute atomic E-state index is 14.4. The zero-order valence-electron chi connectivity index (χ0n) is 21.7. The molecule has 3 aromatic rings. The number of Topliss-reactive ketones (excluding diaryl/α,β-unsaturated/α-hetero) is 1. The molecule has 0 aliphatic heterocycles. The van der Waals surface area contributed by atoms with Crippen molar-refractivity contribution in [2.75, 3.05) is 14.2 Å². The fourth-order valence-electron chi connectivity index (χ4n) is 3.93. The molecule has 6 nitrogen and oxygen atoms in total. The van der Waals surface area contributed by atoms with Gasteiger partial charge < -0.3 is 20.3 Å². The Kier molecular flexibility index (Phi) is 8.18. The van der Waals surface area contributed by atoms with Crippen molar-refractivity contribution in [3.63, 3.8) is 0 Å². The van der Waals surface area contributed by atoms with Crippen LogP contribution < -0.4 is 15.2 Å². The number of benzene rings is 2. The molecule has 0 radical (unpaired) electrons. The van der Waals surface area contributed by atoms with Crippen LogP contribution >= 0.6 is 0 Å². The van der Waals surface area contributed by atoms with Crippen molar-refractivity contribution in [2.24, 2.45) is 5.73 Å². The van der Waals surface area contributed by atoms with Crippen LogP contribution in [0.5, 0.6) is 11.5 Å². The van der Waals surface area contributed by atoms with E-state index in [2.05, 4.69) is 4.98 Å². The van der Waals surface area contributed by atoms with Gasteiger partial charge >= 0.3 is 6.18 Å². The highest BCUT2D eigenvalue weighted by molar-refractivity contribution is 5.96. The van der Waals surface area contributed by atoms with E-state index in [1.807, 2.05) is 0 Å². The monoisotopic (exact) mass is 534 g/mol. The lowest BCUT2D eigenvalue weighted by molar-refractivity contribution is -0.270. The zero-order chi connectivity index (χ0) is 28.5. The van der Waals surface area contributed by atoms with E-state index in [0.717, 1.165) is 6.07 Å². The number of ether oxygens (including phenoxy) is 2. The first-order valence-corrected chi connectivity index (χ1v) is 11.7. The number of carbonyl (C=O) groups is 1. The Bertz CT molecular complexity index is 1340. The number of ketones is 1. The SMILES string of the molecule is COc1ccc(C(=O)CCC(O)(c2cc(C(C)(C)N)cc(-c3ccc(F)c(C)c3)n2)C(F)(F)F)cc1OC. The zero-order valence-corrected chi connectivity index (χ0v) is 21.7. The Hall–Kier alpha value is -3.50. The van der Waals surface area contributed by atoms with Crippen LogP contribution in [0.3, 0.4) is 0 Å². The number of methoxy groups -OCH3 is 2. The molecule has 1 aromatic heterocycles. The molecule has 0 saturated carbocycles. The minimum absolute atomic E-state index is 0.0769. The van der Waals surface area contributed by atoms with Gasteiger partial charge in [-0.25, -0.2) is 9.37 Å². The van der Waals surface area contributed by atoms with E-state index in [1.54, 1.807) is 13.8 Å². The summed E-state index contributed by atoms with van der Waals surface area (Å²) in [6, 6.07) is 10.8. The highest BCUT2D eigenvalue weighted by atomic mass is 19.4. The van der Waals surface area contributed by atoms with Crippen molar-refractivity contribution in [1.29, 1.82) is 0 Å². The smallest absolute Gasteiger partial charge is 0.422 e. The molecular weight excluding hydrogens is 504 g/mol. The number of nitrogens with two attached hydrogens (primary N) is 1. The van der Waals surface area contributed by atoms with Crippen molar-refractivity contribution in [3.8, 4) is 22.8 Å². The third-order valence-corrected chi connectivity index (χ3v) is 6.34. The molecule has 1 heterocycles. The summed E-state index contributed by atoms with van der Waals surface area (Å²) in [5.74, 6) is -0.531. The van der Waals surface area contributed by atoms with Crippen molar-refractivity contribution in [1.82, 2.24) is 4.98 Å². The number of alkyl halides is 3. The number of aliphatic hydroxyl groups is 1. The molecule has 0 fully saturated rings. The van der Waals surface area contributed by atoms with Gasteiger partial charge in [0.25, 0.3) is 0 Å². The lowest BCUT2D eigenvalue weighted by Crippen LogP contribution is -2.44. The second-order valence-electron chi connectivity index (χ2n) is 9.66. The van der Waals surface area contributed by atoms with Crippen LogP contribution in [0, 0.1) is 12.7 Å². The van der Waals surface area contributed by atoms with Gasteiger partial charge in [-0.1, -0.05) is 0 Å². The van der Waals surface area contributed by atoms with Gasteiger partial charge in [-0.3, -0.25) is 4.79 Å². The second-order valence-corrected chi connectivity index (χ2v) is 9.66. The van der Waals surface area contributed by atoms with Crippen LogP contribution in [0.4, 0.5) is 17.6 Å². The fraction of sp³-hybridized carbons (Fsp3) is 0.357. The van der Waals surface area contributed by atoms with Crippen molar-refractivity contribution in [2.45, 2.75) is 50.9 Å².